The highest BCUT2D eigenvalue weighted by Crippen LogP contribution is 2.28. The number of carbonyl (C=O) groups is 2. The average molecular weight is 210 g/mol. The molecule has 0 unspecified atom stereocenters. The van der Waals surface area contributed by atoms with Crippen LogP contribution in [0.25, 0.3) is 0 Å². The quantitative estimate of drug-likeness (QED) is 0.649. The van der Waals surface area contributed by atoms with Gasteiger partial charge < -0.3 is 4.79 Å². The van der Waals surface area contributed by atoms with Gasteiger partial charge in [0.25, 0.3) is 0 Å². The number of rotatable bonds is 4. The molecule has 1 aliphatic heterocycles. The molecule has 84 valence electrons. The van der Waals surface area contributed by atoms with Crippen molar-refractivity contribution in [2.24, 2.45) is 0 Å². The second-order valence-electron chi connectivity index (χ2n) is 4.34. The van der Waals surface area contributed by atoms with Gasteiger partial charge in [0.1, 0.15) is 6.29 Å². The largest absolute Gasteiger partial charge is 0.303 e. The molecular weight excluding hydrogens is 192 g/mol. The molecule has 4 heteroatoms. The Morgan fingerprint density at radius 3 is 2.73 bits per heavy atom. The van der Waals surface area contributed by atoms with Gasteiger partial charge in [0, 0.05) is 32.0 Å². The first-order valence-electron chi connectivity index (χ1n) is 5.83. The SMILES string of the molecule is O=CCCN1CCC(=O)N1C1CCCC1. The number of hydrazine groups is 1. The minimum Gasteiger partial charge on any atom is -0.303 e. The van der Waals surface area contributed by atoms with Crippen molar-refractivity contribution in [3.05, 3.63) is 0 Å². The second-order valence-corrected chi connectivity index (χ2v) is 4.34. The topological polar surface area (TPSA) is 40.6 Å². The van der Waals surface area contributed by atoms with Crippen molar-refractivity contribution in [2.75, 3.05) is 13.1 Å². The van der Waals surface area contributed by atoms with Gasteiger partial charge in [0.2, 0.25) is 5.91 Å². The fourth-order valence-corrected chi connectivity index (χ4v) is 2.61. The lowest BCUT2D eigenvalue weighted by molar-refractivity contribution is -0.143. The van der Waals surface area contributed by atoms with Crippen molar-refractivity contribution in [3.63, 3.8) is 0 Å². The standard InChI is InChI=1S/C11H18N2O2/c14-9-3-7-12-8-6-11(15)13(12)10-4-1-2-5-10/h9-10H,1-8H2. The van der Waals surface area contributed by atoms with E-state index in [1.54, 1.807) is 0 Å². The van der Waals surface area contributed by atoms with E-state index in [-0.39, 0.29) is 5.91 Å². The summed E-state index contributed by atoms with van der Waals surface area (Å²) in [6.45, 7) is 1.49. The Labute approximate surface area is 90.2 Å². The molecule has 1 saturated carbocycles. The Kier molecular flexibility index (Phi) is 3.36. The van der Waals surface area contributed by atoms with E-state index < -0.39 is 0 Å². The summed E-state index contributed by atoms with van der Waals surface area (Å²) in [6.07, 6.45) is 6.79. The number of amides is 1. The first-order chi connectivity index (χ1) is 7.33. The molecule has 0 N–H and O–H groups in total. The van der Waals surface area contributed by atoms with Crippen LogP contribution in [0.4, 0.5) is 0 Å². The van der Waals surface area contributed by atoms with Gasteiger partial charge in [-0.1, -0.05) is 12.8 Å². The number of nitrogens with zero attached hydrogens (tertiary/aromatic N) is 2. The predicted octanol–water partition coefficient (Wildman–Crippen LogP) is 0.967. The molecule has 2 rings (SSSR count). The summed E-state index contributed by atoms with van der Waals surface area (Å²) in [5.74, 6) is 0.243. The summed E-state index contributed by atoms with van der Waals surface area (Å²) in [6, 6.07) is 0.409. The Bertz CT molecular complexity index is 249. The molecule has 0 bridgehead atoms. The van der Waals surface area contributed by atoms with Gasteiger partial charge in [0.15, 0.2) is 0 Å². The van der Waals surface area contributed by atoms with Crippen LogP contribution in [0.2, 0.25) is 0 Å². The van der Waals surface area contributed by atoms with E-state index in [1.807, 2.05) is 5.01 Å². The van der Waals surface area contributed by atoms with Crippen LogP contribution in [0.5, 0.6) is 0 Å². The van der Waals surface area contributed by atoms with Crippen molar-refractivity contribution in [3.8, 4) is 0 Å². The molecule has 2 aliphatic rings. The molecule has 1 heterocycles. The lowest BCUT2D eigenvalue weighted by Crippen LogP contribution is -2.45. The van der Waals surface area contributed by atoms with E-state index in [1.165, 1.54) is 12.8 Å². The van der Waals surface area contributed by atoms with Gasteiger partial charge in [-0.3, -0.25) is 9.80 Å². The Morgan fingerprint density at radius 2 is 2.07 bits per heavy atom. The lowest BCUT2D eigenvalue weighted by Gasteiger charge is -2.32. The van der Waals surface area contributed by atoms with E-state index in [4.69, 9.17) is 0 Å². The molecule has 0 spiro atoms. The summed E-state index contributed by atoms with van der Waals surface area (Å²) in [5.41, 5.74) is 0. The smallest absolute Gasteiger partial charge is 0.238 e. The molecular formula is C11H18N2O2. The Morgan fingerprint density at radius 1 is 1.33 bits per heavy atom. The minimum atomic E-state index is 0.243. The average Bonchev–Trinajstić information content (AvgIpc) is 2.84. The van der Waals surface area contributed by atoms with Crippen molar-refractivity contribution >= 4 is 12.2 Å². The van der Waals surface area contributed by atoms with Crippen molar-refractivity contribution in [1.82, 2.24) is 10.0 Å². The maximum atomic E-state index is 11.7. The summed E-state index contributed by atoms with van der Waals surface area (Å²) < 4.78 is 0. The number of carbonyl (C=O) groups excluding carboxylic acids is 2. The van der Waals surface area contributed by atoms with Gasteiger partial charge in [-0.05, 0) is 12.8 Å². The van der Waals surface area contributed by atoms with Crippen LogP contribution in [-0.2, 0) is 9.59 Å². The zero-order valence-electron chi connectivity index (χ0n) is 9.02. The molecule has 0 aromatic heterocycles. The Hall–Kier alpha value is -0.900. The van der Waals surface area contributed by atoms with Gasteiger partial charge in [-0.2, -0.15) is 0 Å². The summed E-state index contributed by atoms with van der Waals surface area (Å²) in [7, 11) is 0. The normalized spacial score (nSPS) is 24.0. The molecule has 0 radical (unpaired) electrons. The van der Waals surface area contributed by atoms with E-state index in [0.29, 0.717) is 25.4 Å². The van der Waals surface area contributed by atoms with Crippen molar-refractivity contribution in [2.45, 2.75) is 44.6 Å². The zero-order chi connectivity index (χ0) is 10.7. The van der Waals surface area contributed by atoms with Crippen LogP contribution in [0.1, 0.15) is 38.5 Å². The van der Waals surface area contributed by atoms with Crippen LogP contribution in [0, 0.1) is 0 Å². The molecule has 2 fully saturated rings. The lowest BCUT2D eigenvalue weighted by atomic mass is 10.2. The van der Waals surface area contributed by atoms with Crippen LogP contribution < -0.4 is 0 Å². The van der Waals surface area contributed by atoms with Gasteiger partial charge >= 0.3 is 0 Å². The molecule has 0 aromatic carbocycles. The maximum Gasteiger partial charge on any atom is 0.238 e. The fraction of sp³-hybridized carbons (Fsp3) is 0.818. The van der Waals surface area contributed by atoms with E-state index in [2.05, 4.69) is 5.01 Å². The first-order valence-corrected chi connectivity index (χ1v) is 5.83. The molecule has 0 atom stereocenters. The molecule has 4 nitrogen and oxygen atoms in total. The highest BCUT2D eigenvalue weighted by Gasteiger charge is 2.35. The Balaban J connectivity index is 1.97. The minimum absolute atomic E-state index is 0.243. The van der Waals surface area contributed by atoms with Gasteiger partial charge in [0.05, 0.1) is 0 Å². The third-order valence-corrected chi connectivity index (χ3v) is 3.32. The first kappa shape index (κ1) is 10.6. The van der Waals surface area contributed by atoms with Crippen molar-refractivity contribution in [1.29, 1.82) is 0 Å². The zero-order valence-corrected chi connectivity index (χ0v) is 9.02. The van der Waals surface area contributed by atoms with Crippen molar-refractivity contribution < 1.29 is 9.59 Å². The van der Waals surface area contributed by atoms with Crippen LogP contribution >= 0.6 is 0 Å². The third-order valence-electron chi connectivity index (χ3n) is 3.32. The van der Waals surface area contributed by atoms with Crippen LogP contribution in [0.15, 0.2) is 0 Å². The summed E-state index contributed by atoms with van der Waals surface area (Å²) in [4.78, 5) is 22.1. The van der Waals surface area contributed by atoms with E-state index >= 15 is 0 Å². The van der Waals surface area contributed by atoms with Gasteiger partial charge in [-0.25, -0.2) is 5.01 Å². The molecule has 0 aromatic rings. The fourth-order valence-electron chi connectivity index (χ4n) is 2.61. The number of hydrogen-bond donors (Lipinski definition) is 0. The van der Waals surface area contributed by atoms with Crippen LogP contribution in [-0.4, -0.2) is 41.3 Å². The third kappa shape index (κ3) is 2.20. The predicted molar refractivity (Wildman–Crippen MR) is 56.0 cm³/mol. The second kappa shape index (κ2) is 4.75. The van der Waals surface area contributed by atoms with Crippen LogP contribution in [0.3, 0.4) is 0 Å². The molecule has 1 aliphatic carbocycles. The highest BCUT2D eigenvalue weighted by atomic mass is 16.2. The number of aldehydes is 1. The molecule has 1 amide bonds. The van der Waals surface area contributed by atoms with E-state index in [9.17, 15) is 9.59 Å². The summed E-state index contributed by atoms with van der Waals surface area (Å²) >= 11 is 0. The molecule has 15 heavy (non-hydrogen) atoms. The summed E-state index contributed by atoms with van der Waals surface area (Å²) in [5, 5.41) is 3.99. The highest BCUT2D eigenvalue weighted by molar-refractivity contribution is 5.78. The number of hydrogen-bond acceptors (Lipinski definition) is 3. The molecule has 1 saturated heterocycles. The monoisotopic (exact) mass is 210 g/mol. The van der Waals surface area contributed by atoms with Gasteiger partial charge in [-0.15, -0.1) is 0 Å². The van der Waals surface area contributed by atoms with E-state index in [0.717, 1.165) is 25.7 Å². The maximum absolute atomic E-state index is 11.7.